The first kappa shape index (κ1) is 16.3. The molecule has 0 amide bonds. The van der Waals surface area contributed by atoms with E-state index in [0.717, 1.165) is 0 Å². The van der Waals surface area contributed by atoms with Gasteiger partial charge in [0.2, 0.25) is 0 Å². The minimum absolute atomic E-state index is 0.175. The molecule has 0 aliphatic rings. The Labute approximate surface area is 106 Å². The molecule has 0 atom stereocenters. The van der Waals surface area contributed by atoms with Gasteiger partial charge in [-0.1, -0.05) is 41.5 Å². The molecule has 0 spiro atoms. The molecular weight excluding hydrogens is 236 g/mol. The van der Waals surface area contributed by atoms with Crippen LogP contribution < -0.4 is 0 Å². The summed E-state index contributed by atoms with van der Waals surface area (Å²) in [7, 11) is 0. The fourth-order valence-electron chi connectivity index (χ4n) is 1.13. The van der Waals surface area contributed by atoms with Crippen LogP contribution in [-0.2, 0) is 9.59 Å². The van der Waals surface area contributed by atoms with Crippen LogP contribution in [0.2, 0.25) is 0 Å². The summed E-state index contributed by atoms with van der Waals surface area (Å²) in [5.74, 6) is -2.41. The standard InChI is InChI=1S/C12H20N2O4/c1-11(2,3)7(9(15)16)13-14-8(10(17)18)12(4,5)6/h1-6H3,(H,15,16)(H,17,18). The van der Waals surface area contributed by atoms with E-state index in [0.29, 0.717) is 0 Å². The Morgan fingerprint density at radius 2 is 0.944 bits per heavy atom. The van der Waals surface area contributed by atoms with Gasteiger partial charge in [-0.25, -0.2) is 9.59 Å². The van der Waals surface area contributed by atoms with E-state index in [1.807, 2.05) is 0 Å². The van der Waals surface area contributed by atoms with Crippen molar-refractivity contribution in [3.63, 3.8) is 0 Å². The maximum absolute atomic E-state index is 11.0. The molecule has 0 aromatic carbocycles. The Morgan fingerprint density at radius 1 is 0.722 bits per heavy atom. The number of carboxylic acids is 2. The maximum atomic E-state index is 11.0. The fraction of sp³-hybridized carbons (Fsp3) is 0.667. The van der Waals surface area contributed by atoms with Crippen LogP contribution in [0, 0.1) is 10.8 Å². The molecule has 0 saturated carbocycles. The van der Waals surface area contributed by atoms with Gasteiger partial charge in [-0.05, 0) is 0 Å². The largest absolute Gasteiger partial charge is 0.477 e. The molecule has 0 aromatic heterocycles. The van der Waals surface area contributed by atoms with Crippen LogP contribution in [-0.4, -0.2) is 33.6 Å². The van der Waals surface area contributed by atoms with Gasteiger partial charge in [-0.15, -0.1) is 10.2 Å². The topological polar surface area (TPSA) is 99.3 Å². The average Bonchev–Trinajstić information content (AvgIpc) is 2.05. The Balaban J connectivity index is 5.64. The summed E-state index contributed by atoms with van der Waals surface area (Å²) in [6.45, 7) is 10.0. The second-order valence-corrected chi connectivity index (χ2v) is 6.01. The molecule has 0 aromatic rings. The Hall–Kier alpha value is -1.72. The van der Waals surface area contributed by atoms with Gasteiger partial charge in [-0.2, -0.15) is 0 Å². The smallest absolute Gasteiger partial charge is 0.352 e. The highest BCUT2D eigenvalue weighted by Crippen LogP contribution is 2.19. The fourth-order valence-corrected chi connectivity index (χ4v) is 1.13. The quantitative estimate of drug-likeness (QED) is 0.596. The van der Waals surface area contributed by atoms with E-state index in [4.69, 9.17) is 10.2 Å². The molecule has 0 fully saturated rings. The molecule has 2 N–H and O–H groups in total. The van der Waals surface area contributed by atoms with Crippen molar-refractivity contribution in [3.05, 3.63) is 0 Å². The van der Waals surface area contributed by atoms with Crippen molar-refractivity contribution in [2.45, 2.75) is 41.5 Å². The van der Waals surface area contributed by atoms with Gasteiger partial charge in [0.1, 0.15) is 0 Å². The van der Waals surface area contributed by atoms with E-state index in [1.54, 1.807) is 41.5 Å². The minimum Gasteiger partial charge on any atom is -0.477 e. The van der Waals surface area contributed by atoms with Crippen LogP contribution in [0.5, 0.6) is 0 Å². The van der Waals surface area contributed by atoms with Gasteiger partial charge in [-0.3, -0.25) is 0 Å². The first-order chi connectivity index (χ1) is 7.87. The Morgan fingerprint density at radius 3 is 1.06 bits per heavy atom. The monoisotopic (exact) mass is 256 g/mol. The summed E-state index contributed by atoms with van der Waals surface area (Å²) in [5, 5.41) is 25.2. The summed E-state index contributed by atoms with van der Waals surface area (Å²) in [6.07, 6.45) is 0. The van der Waals surface area contributed by atoms with Gasteiger partial charge in [0, 0.05) is 10.8 Å². The molecule has 0 saturated heterocycles. The molecule has 102 valence electrons. The van der Waals surface area contributed by atoms with Gasteiger partial charge in [0.15, 0.2) is 11.4 Å². The third-order valence-electron chi connectivity index (χ3n) is 2.08. The van der Waals surface area contributed by atoms with Crippen LogP contribution in [0.15, 0.2) is 10.2 Å². The minimum atomic E-state index is -1.20. The van der Waals surface area contributed by atoms with E-state index in [2.05, 4.69) is 10.2 Å². The van der Waals surface area contributed by atoms with Gasteiger partial charge in [0.05, 0.1) is 0 Å². The van der Waals surface area contributed by atoms with Gasteiger partial charge < -0.3 is 10.2 Å². The van der Waals surface area contributed by atoms with Gasteiger partial charge >= 0.3 is 11.9 Å². The third kappa shape index (κ3) is 4.65. The second kappa shape index (κ2) is 5.29. The Bertz CT molecular complexity index is 369. The number of hydrogen-bond acceptors (Lipinski definition) is 4. The molecule has 0 aliphatic carbocycles. The van der Waals surface area contributed by atoms with E-state index in [-0.39, 0.29) is 11.4 Å². The molecular formula is C12H20N2O4. The number of carboxylic acid groups (broad SMARTS) is 2. The van der Waals surface area contributed by atoms with Crippen molar-refractivity contribution in [1.82, 2.24) is 0 Å². The summed E-state index contributed by atoms with van der Waals surface area (Å²) in [5.41, 5.74) is -1.77. The van der Waals surface area contributed by atoms with Crippen LogP contribution in [0.3, 0.4) is 0 Å². The number of aliphatic carboxylic acids is 2. The van der Waals surface area contributed by atoms with E-state index in [1.165, 1.54) is 0 Å². The van der Waals surface area contributed by atoms with Crippen molar-refractivity contribution < 1.29 is 19.8 Å². The lowest BCUT2D eigenvalue weighted by Gasteiger charge is -2.18. The van der Waals surface area contributed by atoms with Crippen LogP contribution in [0.25, 0.3) is 0 Å². The van der Waals surface area contributed by atoms with Crippen LogP contribution >= 0.6 is 0 Å². The average molecular weight is 256 g/mol. The highest BCUT2D eigenvalue weighted by molar-refractivity contribution is 6.39. The predicted molar refractivity (Wildman–Crippen MR) is 69.1 cm³/mol. The molecule has 18 heavy (non-hydrogen) atoms. The summed E-state index contributed by atoms with van der Waals surface area (Å²) >= 11 is 0. The lowest BCUT2D eigenvalue weighted by Crippen LogP contribution is -2.31. The third-order valence-corrected chi connectivity index (χ3v) is 2.08. The molecule has 0 radical (unpaired) electrons. The number of hydrogen-bond donors (Lipinski definition) is 2. The number of nitrogens with zero attached hydrogens (tertiary/aromatic N) is 2. The van der Waals surface area contributed by atoms with E-state index >= 15 is 0 Å². The summed E-state index contributed by atoms with van der Waals surface area (Å²) < 4.78 is 0. The zero-order valence-electron chi connectivity index (χ0n) is 11.6. The van der Waals surface area contributed by atoms with Crippen molar-refractivity contribution in [3.8, 4) is 0 Å². The maximum Gasteiger partial charge on any atom is 0.352 e. The first-order valence-corrected chi connectivity index (χ1v) is 5.50. The molecule has 6 heteroatoms. The van der Waals surface area contributed by atoms with Crippen LogP contribution in [0.1, 0.15) is 41.5 Å². The highest BCUT2D eigenvalue weighted by atomic mass is 16.4. The van der Waals surface area contributed by atoms with Crippen molar-refractivity contribution in [2.75, 3.05) is 0 Å². The SMILES string of the molecule is CC(C)(C)C(=NN=C(C(=O)O)C(C)(C)C)C(=O)O. The van der Waals surface area contributed by atoms with Gasteiger partial charge in [0.25, 0.3) is 0 Å². The molecule has 0 heterocycles. The molecule has 6 nitrogen and oxygen atoms in total. The number of rotatable bonds is 3. The first-order valence-electron chi connectivity index (χ1n) is 5.50. The predicted octanol–water partition coefficient (Wildman–Crippen LogP) is 2.04. The lowest BCUT2D eigenvalue weighted by molar-refractivity contribution is -0.131. The zero-order chi connectivity index (χ0) is 14.7. The van der Waals surface area contributed by atoms with Crippen molar-refractivity contribution in [2.24, 2.45) is 21.0 Å². The van der Waals surface area contributed by atoms with E-state index in [9.17, 15) is 9.59 Å². The normalized spacial score (nSPS) is 14.6. The summed E-state index contributed by atoms with van der Waals surface area (Å²) in [6, 6.07) is 0. The molecule has 0 aliphatic heterocycles. The van der Waals surface area contributed by atoms with Crippen molar-refractivity contribution >= 4 is 23.4 Å². The number of carbonyl (C=O) groups is 2. The van der Waals surface area contributed by atoms with Crippen molar-refractivity contribution in [1.29, 1.82) is 0 Å². The molecule has 0 rings (SSSR count). The molecule has 0 unspecified atom stereocenters. The Kier molecular flexibility index (Phi) is 4.78. The van der Waals surface area contributed by atoms with E-state index < -0.39 is 22.8 Å². The molecule has 0 bridgehead atoms. The summed E-state index contributed by atoms with van der Waals surface area (Å²) in [4.78, 5) is 22.1. The lowest BCUT2D eigenvalue weighted by atomic mass is 9.89. The highest BCUT2D eigenvalue weighted by Gasteiger charge is 2.28. The van der Waals surface area contributed by atoms with Crippen LogP contribution in [0.4, 0.5) is 0 Å². The second-order valence-electron chi connectivity index (χ2n) is 6.01. The zero-order valence-corrected chi connectivity index (χ0v) is 11.6.